The number of hydrogen-bond donors (Lipinski definition) is 1. The van der Waals surface area contributed by atoms with Gasteiger partial charge in [-0.05, 0) is 0 Å². The van der Waals surface area contributed by atoms with Crippen LogP contribution in [0.4, 0.5) is 5.69 Å². The molecule has 2 rings (SSSR count). The van der Waals surface area contributed by atoms with Crippen molar-refractivity contribution in [2.45, 2.75) is 0 Å². The Morgan fingerprint density at radius 2 is 2.54 bits per heavy atom. The Bertz CT molecular complexity index is 347. The molecule has 0 saturated carbocycles. The molecule has 5 heteroatoms. The van der Waals surface area contributed by atoms with E-state index >= 15 is 0 Å². The van der Waals surface area contributed by atoms with Crippen molar-refractivity contribution < 1.29 is 14.6 Å². The van der Waals surface area contributed by atoms with E-state index in [4.69, 9.17) is 9.84 Å². The molecule has 1 aromatic rings. The third-order valence-electron chi connectivity index (χ3n) is 2.01. The molecule has 0 aromatic carbocycles. The minimum atomic E-state index is -0.915. The first kappa shape index (κ1) is 8.37. The molecule has 0 radical (unpaired) electrons. The molecule has 2 heterocycles. The van der Waals surface area contributed by atoms with Gasteiger partial charge < -0.3 is 14.7 Å². The highest BCUT2D eigenvalue weighted by molar-refractivity contribution is 7.13. The van der Waals surface area contributed by atoms with Crippen LogP contribution in [0.5, 0.6) is 5.75 Å². The van der Waals surface area contributed by atoms with Crippen LogP contribution in [0, 0.1) is 0 Å². The highest BCUT2D eigenvalue weighted by Crippen LogP contribution is 2.39. The molecular formula is C8H9NO3S. The van der Waals surface area contributed by atoms with Gasteiger partial charge in [-0.1, -0.05) is 0 Å². The van der Waals surface area contributed by atoms with Gasteiger partial charge in [-0.2, -0.15) is 0 Å². The van der Waals surface area contributed by atoms with Gasteiger partial charge in [0.1, 0.15) is 6.61 Å². The van der Waals surface area contributed by atoms with Crippen molar-refractivity contribution in [1.82, 2.24) is 0 Å². The summed E-state index contributed by atoms with van der Waals surface area (Å²) >= 11 is 1.21. The molecule has 0 amide bonds. The number of anilines is 1. The van der Waals surface area contributed by atoms with Crippen molar-refractivity contribution in [2.75, 3.05) is 25.1 Å². The SMILES string of the molecule is CN1CCOc2c1csc2C(=O)O. The summed E-state index contributed by atoms with van der Waals surface area (Å²) in [5.41, 5.74) is 0.883. The van der Waals surface area contributed by atoms with Crippen LogP contribution in [-0.2, 0) is 0 Å². The van der Waals surface area contributed by atoms with Crippen LogP contribution in [0.15, 0.2) is 5.38 Å². The van der Waals surface area contributed by atoms with Gasteiger partial charge in [0.2, 0.25) is 0 Å². The fourth-order valence-electron chi connectivity index (χ4n) is 1.29. The topological polar surface area (TPSA) is 49.8 Å². The number of thiophene rings is 1. The summed E-state index contributed by atoms with van der Waals surface area (Å²) in [7, 11) is 1.93. The highest BCUT2D eigenvalue weighted by Gasteiger charge is 2.24. The van der Waals surface area contributed by atoms with Crippen molar-refractivity contribution >= 4 is 23.0 Å². The Morgan fingerprint density at radius 3 is 3.23 bits per heavy atom. The van der Waals surface area contributed by atoms with Crippen LogP contribution in [-0.4, -0.2) is 31.3 Å². The lowest BCUT2D eigenvalue weighted by atomic mass is 10.3. The van der Waals surface area contributed by atoms with Gasteiger partial charge in [0.05, 0.1) is 12.2 Å². The lowest BCUT2D eigenvalue weighted by molar-refractivity contribution is 0.0698. The monoisotopic (exact) mass is 199 g/mol. The van der Waals surface area contributed by atoms with E-state index in [0.717, 1.165) is 12.2 Å². The Balaban J connectivity index is 2.47. The first-order valence-corrected chi connectivity index (χ1v) is 4.77. The largest absolute Gasteiger partial charge is 0.488 e. The number of nitrogens with zero attached hydrogens (tertiary/aromatic N) is 1. The Kier molecular flexibility index (Phi) is 1.88. The summed E-state index contributed by atoms with van der Waals surface area (Å²) in [5, 5.41) is 10.6. The predicted octanol–water partition coefficient (Wildman–Crippen LogP) is 1.27. The van der Waals surface area contributed by atoms with E-state index in [1.807, 2.05) is 17.3 Å². The quantitative estimate of drug-likeness (QED) is 0.740. The standard InChI is InChI=1S/C8H9NO3S/c1-9-2-3-12-6-5(9)4-13-7(6)8(10)11/h4H,2-3H2,1H3,(H,10,11). The lowest BCUT2D eigenvalue weighted by Gasteiger charge is -2.25. The van der Waals surface area contributed by atoms with Gasteiger partial charge >= 0.3 is 5.97 Å². The summed E-state index contributed by atoms with van der Waals surface area (Å²) in [6.45, 7) is 1.36. The number of carboxylic acid groups (broad SMARTS) is 1. The average molecular weight is 199 g/mol. The molecule has 0 unspecified atom stereocenters. The van der Waals surface area contributed by atoms with E-state index < -0.39 is 5.97 Å². The normalized spacial score (nSPS) is 15.0. The third-order valence-corrected chi connectivity index (χ3v) is 2.94. The zero-order valence-corrected chi connectivity index (χ0v) is 7.93. The molecule has 4 nitrogen and oxygen atoms in total. The van der Waals surface area contributed by atoms with Crippen LogP contribution in [0.25, 0.3) is 0 Å². The molecule has 0 spiro atoms. The Morgan fingerprint density at radius 1 is 1.77 bits per heavy atom. The van der Waals surface area contributed by atoms with E-state index in [9.17, 15) is 4.79 Å². The van der Waals surface area contributed by atoms with Gasteiger partial charge in [-0.3, -0.25) is 0 Å². The molecule has 70 valence electrons. The number of likely N-dealkylation sites (N-methyl/N-ethyl adjacent to an activating group) is 1. The maximum atomic E-state index is 10.8. The van der Waals surface area contributed by atoms with E-state index in [-0.39, 0.29) is 0 Å². The maximum Gasteiger partial charge on any atom is 0.349 e. The molecule has 1 aromatic heterocycles. The average Bonchev–Trinajstić information content (AvgIpc) is 2.48. The second-order valence-electron chi connectivity index (χ2n) is 2.85. The minimum absolute atomic E-state index is 0.293. The predicted molar refractivity (Wildman–Crippen MR) is 50.0 cm³/mol. The van der Waals surface area contributed by atoms with E-state index in [0.29, 0.717) is 17.2 Å². The number of ether oxygens (including phenoxy) is 1. The van der Waals surface area contributed by atoms with Crippen molar-refractivity contribution in [3.05, 3.63) is 10.3 Å². The minimum Gasteiger partial charge on any atom is -0.488 e. The summed E-state index contributed by atoms with van der Waals surface area (Å²) < 4.78 is 5.31. The van der Waals surface area contributed by atoms with Crippen molar-refractivity contribution in [3.63, 3.8) is 0 Å². The van der Waals surface area contributed by atoms with Crippen LogP contribution in [0.3, 0.4) is 0 Å². The van der Waals surface area contributed by atoms with Gasteiger partial charge in [0.25, 0.3) is 0 Å². The van der Waals surface area contributed by atoms with Crippen molar-refractivity contribution in [1.29, 1.82) is 0 Å². The third kappa shape index (κ3) is 1.25. The molecule has 1 N–H and O–H groups in total. The summed E-state index contributed by atoms with van der Waals surface area (Å²) in [4.78, 5) is 13.0. The molecule has 0 aliphatic carbocycles. The van der Waals surface area contributed by atoms with E-state index in [1.165, 1.54) is 11.3 Å². The van der Waals surface area contributed by atoms with Crippen molar-refractivity contribution in [2.24, 2.45) is 0 Å². The number of carbonyl (C=O) groups is 1. The zero-order chi connectivity index (χ0) is 9.42. The van der Waals surface area contributed by atoms with Crippen LogP contribution < -0.4 is 9.64 Å². The number of aromatic carboxylic acids is 1. The summed E-state index contributed by atoms with van der Waals surface area (Å²) in [5.74, 6) is -0.396. The molecule has 1 aliphatic rings. The summed E-state index contributed by atoms with van der Waals surface area (Å²) in [6.07, 6.45) is 0. The highest BCUT2D eigenvalue weighted by atomic mass is 32.1. The maximum absolute atomic E-state index is 10.8. The number of carboxylic acids is 1. The summed E-state index contributed by atoms with van der Waals surface area (Å²) in [6, 6.07) is 0. The Hall–Kier alpha value is -1.23. The lowest BCUT2D eigenvalue weighted by Crippen LogP contribution is -2.28. The molecule has 1 aliphatic heterocycles. The van der Waals surface area contributed by atoms with Crippen LogP contribution in [0.1, 0.15) is 9.67 Å². The molecular weight excluding hydrogens is 190 g/mol. The van der Waals surface area contributed by atoms with Gasteiger partial charge in [0.15, 0.2) is 10.6 Å². The zero-order valence-electron chi connectivity index (χ0n) is 7.11. The smallest absolute Gasteiger partial charge is 0.349 e. The molecule has 0 saturated heterocycles. The van der Waals surface area contributed by atoms with Gasteiger partial charge in [0, 0.05) is 12.4 Å². The molecule has 0 bridgehead atoms. The van der Waals surface area contributed by atoms with Crippen molar-refractivity contribution in [3.8, 4) is 5.75 Å². The van der Waals surface area contributed by atoms with Gasteiger partial charge in [-0.25, -0.2) is 4.79 Å². The first-order chi connectivity index (χ1) is 6.20. The number of rotatable bonds is 1. The fourth-order valence-corrected chi connectivity index (χ4v) is 2.18. The Labute approximate surface area is 79.4 Å². The van der Waals surface area contributed by atoms with E-state index in [1.54, 1.807) is 0 Å². The molecule has 0 atom stereocenters. The second-order valence-corrected chi connectivity index (χ2v) is 3.73. The molecule has 0 fully saturated rings. The number of fused-ring (bicyclic) bond motifs is 1. The fraction of sp³-hybridized carbons (Fsp3) is 0.375. The van der Waals surface area contributed by atoms with Crippen LogP contribution >= 0.6 is 11.3 Å². The second kappa shape index (κ2) is 2.92. The first-order valence-electron chi connectivity index (χ1n) is 3.89. The van der Waals surface area contributed by atoms with E-state index in [2.05, 4.69) is 0 Å². The number of hydrogen-bond acceptors (Lipinski definition) is 4. The van der Waals surface area contributed by atoms with Gasteiger partial charge in [-0.15, -0.1) is 11.3 Å². The van der Waals surface area contributed by atoms with Crippen LogP contribution in [0.2, 0.25) is 0 Å². The molecule has 13 heavy (non-hydrogen) atoms.